The maximum atomic E-state index is 12.2. The van der Waals surface area contributed by atoms with Crippen LogP contribution in [-0.4, -0.2) is 24.8 Å². The van der Waals surface area contributed by atoms with Crippen LogP contribution in [0.5, 0.6) is 5.75 Å². The minimum atomic E-state index is -4.15. The molecule has 0 amide bonds. The molecule has 1 N–H and O–H groups in total. The number of nitrogens with one attached hydrogen (secondary N) is 1. The molecule has 0 spiro atoms. The average Bonchev–Trinajstić information content (AvgIpc) is 3.21. The Bertz CT molecular complexity index is 1210. The highest BCUT2D eigenvalue weighted by atomic mass is 32.1. The van der Waals surface area contributed by atoms with Gasteiger partial charge in [-0.25, -0.2) is 4.98 Å². The highest BCUT2D eigenvalue weighted by molar-refractivity contribution is 7.21. The Labute approximate surface area is 188 Å². The standard InChI is InChI=1S/C25H21F3N2OS/c1-31-21-12-13-22-23(16-21)32-24(30-22)19-8-4-17(5-9-19)2-3-18-6-10-20(11-7-18)29-15-14-25(26,27)28/h2-13,16,29H,14-15H2,1H3/b3-2+. The van der Waals surface area contributed by atoms with Crippen LogP contribution in [-0.2, 0) is 0 Å². The number of ether oxygens (including phenoxy) is 1. The van der Waals surface area contributed by atoms with Crippen molar-refractivity contribution < 1.29 is 17.9 Å². The highest BCUT2D eigenvalue weighted by Gasteiger charge is 2.26. The van der Waals surface area contributed by atoms with Crippen LogP contribution in [0.3, 0.4) is 0 Å². The highest BCUT2D eigenvalue weighted by Crippen LogP contribution is 2.32. The van der Waals surface area contributed by atoms with Gasteiger partial charge in [0.1, 0.15) is 10.8 Å². The monoisotopic (exact) mass is 454 g/mol. The van der Waals surface area contributed by atoms with Gasteiger partial charge in [-0.1, -0.05) is 48.6 Å². The zero-order valence-electron chi connectivity index (χ0n) is 17.3. The van der Waals surface area contributed by atoms with E-state index in [0.29, 0.717) is 5.69 Å². The largest absolute Gasteiger partial charge is 0.497 e. The quantitative estimate of drug-likeness (QED) is 0.294. The molecule has 164 valence electrons. The summed E-state index contributed by atoms with van der Waals surface area (Å²) in [5.74, 6) is 0.818. The summed E-state index contributed by atoms with van der Waals surface area (Å²) >= 11 is 1.63. The number of methoxy groups -OCH3 is 1. The first-order chi connectivity index (χ1) is 15.4. The molecule has 0 fully saturated rings. The third-order valence-corrected chi connectivity index (χ3v) is 5.94. The first kappa shape index (κ1) is 21.9. The van der Waals surface area contributed by atoms with Crippen LogP contribution in [0, 0.1) is 0 Å². The summed E-state index contributed by atoms with van der Waals surface area (Å²) in [4.78, 5) is 4.70. The van der Waals surface area contributed by atoms with Gasteiger partial charge in [-0.2, -0.15) is 13.2 Å². The number of thiazole rings is 1. The first-order valence-electron chi connectivity index (χ1n) is 10.0. The van der Waals surface area contributed by atoms with E-state index >= 15 is 0 Å². The van der Waals surface area contributed by atoms with E-state index in [0.717, 1.165) is 37.7 Å². The van der Waals surface area contributed by atoms with Crippen LogP contribution in [0.15, 0.2) is 66.7 Å². The van der Waals surface area contributed by atoms with Crippen molar-refractivity contribution in [1.82, 2.24) is 4.98 Å². The van der Waals surface area contributed by atoms with Crippen LogP contribution in [0.2, 0.25) is 0 Å². The van der Waals surface area contributed by atoms with Gasteiger partial charge in [0, 0.05) is 17.8 Å². The summed E-state index contributed by atoms with van der Waals surface area (Å²) < 4.78 is 43.0. The molecule has 0 aliphatic rings. The van der Waals surface area contributed by atoms with Crippen molar-refractivity contribution in [3.8, 4) is 16.3 Å². The van der Waals surface area contributed by atoms with Crippen molar-refractivity contribution in [1.29, 1.82) is 0 Å². The van der Waals surface area contributed by atoms with Gasteiger partial charge in [0.05, 0.1) is 23.7 Å². The molecule has 0 saturated heterocycles. The number of hydrogen-bond acceptors (Lipinski definition) is 4. The molecule has 32 heavy (non-hydrogen) atoms. The molecule has 1 heterocycles. The molecule has 0 saturated carbocycles. The number of alkyl halides is 3. The lowest BCUT2D eigenvalue weighted by Gasteiger charge is -2.08. The Morgan fingerprint density at radius 2 is 1.59 bits per heavy atom. The molecule has 3 aromatic carbocycles. The van der Waals surface area contributed by atoms with E-state index in [9.17, 15) is 13.2 Å². The molecule has 7 heteroatoms. The van der Waals surface area contributed by atoms with E-state index in [1.165, 1.54) is 0 Å². The molecule has 0 aliphatic carbocycles. The summed E-state index contributed by atoms with van der Waals surface area (Å²) in [6, 6.07) is 21.3. The smallest absolute Gasteiger partial charge is 0.390 e. The van der Waals surface area contributed by atoms with E-state index in [4.69, 9.17) is 9.72 Å². The number of rotatable bonds is 7. The summed E-state index contributed by atoms with van der Waals surface area (Å²) in [7, 11) is 1.65. The number of fused-ring (bicyclic) bond motifs is 1. The number of benzene rings is 3. The number of nitrogens with zero attached hydrogens (tertiary/aromatic N) is 1. The second-order valence-electron chi connectivity index (χ2n) is 7.22. The fourth-order valence-electron chi connectivity index (χ4n) is 3.15. The Morgan fingerprint density at radius 3 is 2.22 bits per heavy atom. The fraction of sp³-hybridized carbons (Fsp3) is 0.160. The predicted molar refractivity (Wildman–Crippen MR) is 126 cm³/mol. The molecule has 3 nitrogen and oxygen atoms in total. The van der Waals surface area contributed by atoms with Gasteiger partial charge in [0.15, 0.2) is 0 Å². The van der Waals surface area contributed by atoms with Gasteiger partial charge in [-0.15, -0.1) is 11.3 Å². The lowest BCUT2D eigenvalue weighted by molar-refractivity contribution is -0.131. The average molecular weight is 455 g/mol. The molecular formula is C25H21F3N2OS. The van der Waals surface area contributed by atoms with Gasteiger partial charge < -0.3 is 10.1 Å². The third kappa shape index (κ3) is 5.68. The molecule has 0 unspecified atom stereocenters. The molecule has 0 bridgehead atoms. The number of hydrogen-bond donors (Lipinski definition) is 1. The second-order valence-corrected chi connectivity index (χ2v) is 8.25. The minimum absolute atomic E-state index is 0.132. The Hall–Kier alpha value is -3.32. The predicted octanol–water partition coefficient (Wildman–Crippen LogP) is 7.51. The van der Waals surface area contributed by atoms with E-state index in [2.05, 4.69) is 5.32 Å². The summed E-state index contributed by atoms with van der Waals surface area (Å²) in [5, 5.41) is 3.74. The van der Waals surface area contributed by atoms with Crippen LogP contribution in [0.25, 0.3) is 32.9 Å². The van der Waals surface area contributed by atoms with Gasteiger partial charge in [-0.3, -0.25) is 0 Å². The SMILES string of the molecule is COc1ccc2nc(-c3ccc(/C=C/c4ccc(NCCC(F)(F)F)cc4)cc3)sc2c1. The second kappa shape index (κ2) is 9.44. The Kier molecular flexibility index (Phi) is 6.46. The zero-order chi connectivity index (χ0) is 22.6. The Balaban J connectivity index is 1.39. The third-order valence-electron chi connectivity index (χ3n) is 4.87. The van der Waals surface area contributed by atoms with Crippen molar-refractivity contribution >= 4 is 39.4 Å². The van der Waals surface area contributed by atoms with Crippen LogP contribution in [0.4, 0.5) is 18.9 Å². The summed E-state index contributed by atoms with van der Waals surface area (Å²) in [6.07, 6.45) is -1.03. The Morgan fingerprint density at radius 1 is 0.938 bits per heavy atom. The van der Waals surface area contributed by atoms with Crippen molar-refractivity contribution in [3.63, 3.8) is 0 Å². The van der Waals surface area contributed by atoms with Gasteiger partial charge in [0.2, 0.25) is 0 Å². The van der Waals surface area contributed by atoms with Gasteiger partial charge in [-0.05, 0) is 41.5 Å². The van der Waals surface area contributed by atoms with E-state index in [1.54, 1.807) is 30.6 Å². The maximum absolute atomic E-state index is 12.2. The van der Waals surface area contributed by atoms with Crippen LogP contribution < -0.4 is 10.1 Å². The molecule has 4 aromatic rings. The normalized spacial score (nSPS) is 11.9. The van der Waals surface area contributed by atoms with Crippen LogP contribution >= 0.6 is 11.3 Å². The van der Waals surface area contributed by atoms with Crippen molar-refractivity contribution in [3.05, 3.63) is 77.9 Å². The van der Waals surface area contributed by atoms with E-state index in [-0.39, 0.29) is 6.54 Å². The summed E-state index contributed by atoms with van der Waals surface area (Å²) in [5.41, 5.74) is 4.69. The summed E-state index contributed by atoms with van der Waals surface area (Å²) in [6.45, 7) is -0.132. The number of anilines is 1. The molecule has 0 radical (unpaired) electrons. The zero-order valence-corrected chi connectivity index (χ0v) is 18.1. The molecule has 0 aliphatic heterocycles. The van der Waals surface area contributed by atoms with Gasteiger partial charge in [0.25, 0.3) is 0 Å². The lowest BCUT2D eigenvalue weighted by Crippen LogP contribution is -2.14. The lowest BCUT2D eigenvalue weighted by atomic mass is 10.1. The van der Waals surface area contributed by atoms with Crippen molar-refractivity contribution in [2.24, 2.45) is 0 Å². The molecule has 1 aromatic heterocycles. The fourth-order valence-corrected chi connectivity index (χ4v) is 4.14. The number of halogens is 3. The topological polar surface area (TPSA) is 34.1 Å². The molecular weight excluding hydrogens is 433 g/mol. The molecule has 4 rings (SSSR count). The maximum Gasteiger partial charge on any atom is 0.390 e. The van der Waals surface area contributed by atoms with Gasteiger partial charge >= 0.3 is 6.18 Å². The van der Waals surface area contributed by atoms with Crippen molar-refractivity contribution in [2.75, 3.05) is 19.0 Å². The number of aromatic nitrogens is 1. The van der Waals surface area contributed by atoms with E-state index < -0.39 is 12.6 Å². The first-order valence-corrected chi connectivity index (χ1v) is 10.8. The van der Waals surface area contributed by atoms with E-state index in [1.807, 2.05) is 66.7 Å². The van der Waals surface area contributed by atoms with Crippen molar-refractivity contribution in [2.45, 2.75) is 12.6 Å². The molecule has 0 atom stereocenters. The minimum Gasteiger partial charge on any atom is -0.497 e. The van der Waals surface area contributed by atoms with Crippen LogP contribution in [0.1, 0.15) is 17.5 Å².